The summed E-state index contributed by atoms with van der Waals surface area (Å²) in [7, 11) is 1.76. The monoisotopic (exact) mass is 350 g/mol. The lowest BCUT2D eigenvalue weighted by atomic mass is 10.1. The standard InChI is InChI=1S/C18H30N4OS/c1-6-10-20-16(23)15-9-7-8-14(11-15)12-21-17(19-4)22-13-18(2,3)24-5/h7-9,11H,6,10,12-13H2,1-5H3,(H,20,23)(H2,19,21,22). The molecule has 3 N–H and O–H groups in total. The van der Waals surface area contributed by atoms with Crippen LogP contribution in [0.4, 0.5) is 0 Å². The highest BCUT2D eigenvalue weighted by molar-refractivity contribution is 7.99. The van der Waals surface area contributed by atoms with Gasteiger partial charge in [-0.05, 0) is 44.2 Å². The van der Waals surface area contributed by atoms with Crippen LogP contribution < -0.4 is 16.0 Å². The van der Waals surface area contributed by atoms with Gasteiger partial charge < -0.3 is 16.0 Å². The van der Waals surface area contributed by atoms with Gasteiger partial charge in [-0.3, -0.25) is 9.79 Å². The van der Waals surface area contributed by atoms with Gasteiger partial charge in [0.05, 0.1) is 0 Å². The third kappa shape index (κ3) is 7.25. The van der Waals surface area contributed by atoms with E-state index in [1.807, 2.05) is 43.0 Å². The van der Waals surface area contributed by atoms with Crippen LogP contribution in [0, 0.1) is 0 Å². The van der Waals surface area contributed by atoms with E-state index in [-0.39, 0.29) is 10.7 Å². The molecule has 0 aliphatic rings. The highest BCUT2D eigenvalue weighted by atomic mass is 32.2. The van der Waals surface area contributed by atoms with E-state index in [0.717, 1.165) is 24.5 Å². The van der Waals surface area contributed by atoms with Gasteiger partial charge >= 0.3 is 0 Å². The quantitative estimate of drug-likeness (QED) is 0.498. The molecule has 0 saturated carbocycles. The van der Waals surface area contributed by atoms with Crippen LogP contribution in [-0.2, 0) is 6.54 Å². The van der Waals surface area contributed by atoms with Crippen molar-refractivity contribution in [3.05, 3.63) is 35.4 Å². The number of carbonyl (C=O) groups is 1. The predicted molar refractivity (Wildman–Crippen MR) is 105 cm³/mol. The van der Waals surface area contributed by atoms with Gasteiger partial charge in [0.2, 0.25) is 0 Å². The molecular weight excluding hydrogens is 320 g/mol. The van der Waals surface area contributed by atoms with E-state index in [1.165, 1.54) is 0 Å². The minimum absolute atomic E-state index is 0.0251. The molecule has 0 bridgehead atoms. The number of thioether (sulfide) groups is 1. The summed E-state index contributed by atoms with van der Waals surface area (Å²) in [6.07, 6.45) is 3.04. The summed E-state index contributed by atoms with van der Waals surface area (Å²) in [5, 5.41) is 9.52. The summed E-state index contributed by atoms with van der Waals surface area (Å²) in [4.78, 5) is 16.3. The van der Waals surface area contributed by atoms with Crippen molar-refractivity contribution in [3.8, 4) is 0 Å². The van der Waals surface area contributed by atoms with E-state index in [4.69, 9.17) is 0 Å². The van der Waals surface area contributed by atoms with Crippen LogP contribution in [0.3, 0.4) is 0 Å². The molecule has 0 aliphatic heterocycles. The molecule has 24 heavy (non-hydrogen) atoms. The largest absolute Gasteiger partial charge is 0.355 e. The van der Waals surface area contributed by atoms with Gasteiger partial charge in [-0.1, -0.05) is 19.1 Å². The zero-order chi connectivity index (χ0) is 18.0. The van der Waals surface area contributed by atoms with Crippen molar-refractivity contribution in [3.63, 3.8) is 0 Å². The second kappa shape index (κ2) is 10.2. The summed E-state index contributed by atoms with van der Waals surface area (Å²) in [5.41, 5.74) is 1.74. The second-order valence-electron chi connectivity index (χ2n) is 6.20. The van der Waals surface area contributed by atoms with E-state index >= 15 is 0 Å². The molecule has 0 fully saturated rings. The van der Waals surface area contributed by atoms with Crippen molar-refractivity contribution in [1.82, 2.24) is 16.0 Å². The average Bonchev–Trinajstić information content (AvgIpc) is 2.60. The van der Waals surface area contributed by atoms with Crippen molar-refractivity contribution < 1.29 is 4.79 Å². The Kier molecular flexibility index (Phi) is 8.68. The van der Waals surface area contributed by atoms with Crippen molar-refractivity contribution >= 4 is 23.6 Å². The Morgan fingerprint density at radius 1 is 1.25 bits per heavy atom. The number of aliphatic imine (C=N–C) groups is 1. The van der Waals surface area contributed by atoms with Gasteiger partial charge in [-0.15, -0.1) is 0 Å². The first kappa shape index (κ1) is 20.4. The molecule has 6 heteroatoms. The van der Waals surface area contributed by atoms with Crippen LogP contribution in [0.15, 0.2) is 29.3 Å². The van der Waals surface area contributed by atoms with Gasteiger partial charge in [0.25, 0.3) is 5.91 Å². The van der Waals surface area contributed by atoms with Gasteiger partial charge in [0.15, 0.2) is 5.96 Å². The lowest BCUT2D eigenvalue weighted by molar-refractivity contribution is 0.0953. The van der Waals surface area contributed by atoms with Crippen LogP contribution in [0.25, 0.3) is 0 Å². The van der Waals surface area contributed by atoms with Crippen LogP contribution in [-0.4, -0.2) is 43.0 Å². The molecule has 0 aromatic heterocycles. The second-order valence-corrected chi connectivity index (χ2v) is 7.71. The molecule has 1 amide bonds. The fourth-order valence-corrected chi connectivity index (χ4v) is 2.15. The van der Waals surface area contributed by atoms with Crippen LogP contribution in [0.1, 0.15) is 43.1 Å². The molecule has 0 unspecified atom stereocenters. The zero-order valence-corrected chi connectivity index (χ0v) is 16.2. The molecular formula is C18H30N4OS. The summed E-state index contributed by atoms with van der Waals surface area (Å²) >= 11 is 1.82. The van der Waals surface area contributed by atoms with Crippen LogP contribution >= 0.6 is 11.8 Å². The highest BCUT2D eigenvalue weighted by Gasteiger charge is 2.16. The first-order valence-electron chi connectivity index (χ1n) is 8.28. The van der Waals surface area contributed by atoms with Gasteiger partial charge in [0.1, 0.15) is 0 Å². The summed E-state index contributed by atoms with van der Waals surface area (Å²) in [6, 6.07) is 7.66. The third-order valence-corrected chi connectivity index (χ3v) is 4.89. The van der Waals surface area contributed by atoms with Gasteiger partial charge in [0, 0.05) is 37.0 Å². The fourth-order valence-electron chi connectivity index (χ4n) is 1.94. The van der Waals surface area contributed by atoms with E-state index in [0.29, 0.717) is 18.7 Å². The van der Waals surface area contributed by atoms with Crippen molar-refractivity contribution in [2.24, 2.45) is 4.99 Å². The number of rotatable bonds is 8. The van der Waals surface area contributed by atoms with E-state index in [2.05, 4.69) is 41.0 Å². The highest BCUT2D eigenvalue weighted by Crippen LogP contribution is 2.19. The smallest absolute Gasteiger partial charge is 0.251 e. The first-order valence-corrected chi connectivity index (χ1v) is 9.51. The normalized spacial score (nSPS) is 12.0. The zero-order valence-electron chi connectivity index (χ0n) is 15.4. The number of amides is 1. The summed E-state index contributed by atoms with van der Waals surface area (Å²) in [6.45, 7) is 8.56. The molecule has 0 saturated heterocycles. The Morgan fingerprint density at radius 3 is 2.62 bits per heavy atom. The third-order valence-electron chi connectivity index (χ3n) is 3.64. The number of nitrogens with one attached hydrogen (secondary N) is 3. The van der Waals surface area contributed by atoms with E-state index < -0.39 is 0 Å². The first-order chi connectivity index (χ1) is 11.4. The number of hydrogen-bond acceptors (Lipinski definition) is 3. The Balaban J connectivity index is 2.58. The number of guanidine groups is 1. The molecule has 134 valence electrons. The molecule has 1 aromatic rings. The minimum atomic E-state index is -0.0251. The molecule has 0 radical (unpaired) electrons. The molecule has 0 aliphatic carbocycles. The maximum Gasteiger partial charge on any atom is 0.251 e. The lowest BCUT2D eigenvalue weighted by Crippen LogP contribution is -2.43. The molecule has 0 spiro atoms. The molecule has 0 heterocycles. The lowest BCUT2D eigenvalue weighted by Gasteiger charge is -2.23. The number of hydrogen-bond donors (Lipinski definition) is 3. The van der Waals surface area contributed by atoms with Gasteiger partial charge in [-0.25, -0.2) is 0 Å². The molecule has 1 rings (SSSR count). The fraction of sp³-hybridized carbons (Fsp3) is 0.556. The Bertz CT molecular complexity index is 558. The van der Waals surface area contributed by atoms with E-state index in [1.54, 1.807) is 7.05 Å². The summed E-state index contributed by atoms with van der Waals surface area (Å²) < 4.78 is 0.148. The Hall–Kier alpha value is -1.69. The maximum atomic E-state index is 12.0. The Labute approximate surface area is 150 Å². The van der Waals surface area contributed by atoms with Crippen LogP contribution in [0.5, 0.6) is 0 Å². The van der Waals surface area contributed by atoms with Crippen molar-refractivity contribution in [1.29, 1.82) is 0 Å². The van der Waals surface area contributed by atoms with Crippen LogP contribution in [0.2, 0.25) is 0 Å². The number of carbonyl (C=O) groups excluding carboxylic acids is 1. The Morgan fingerprint density at radius 2 is 2.00 bits per heavy atom. The SMILES string of the molecule is CCCNC(=O)c1cccc(CNC(=NC)NCC(C)(C)SC)c1. The van der Waals surface area contributed by atoms with Crippen molar-refractivity contribution in [2.45, 2.75) is 38.5 Å². The molecule has 0 atom stereocenters. The summed E-state index contributed by atoms with van der Waals surface area (Å²) in [5.74, 6) is 0.737. The number of benzene rings is 1. The average molecular weight is 351 g/mol. The number of nitrogens with zero attached hydrogens (tertiary/aromatic N) is 1. The minimum Gasteiger partial charge on any atom is -0.355 e. The van der Waals surface area contributed by atoms with E-state index in [9.17, 15) is 4.79 Å². The topological polar surface area (TPSA) is 65.5 Å². The van der Waals surface area contributed by atoms with Gasteiger partial charge in [-0.2, -0.15) is 11.8 Å². The van der Waals surface area contributed by atoms with Crippen molar-refractivity contribution in [2.75, 3.05) is 26.4 Å². The predicted octanol–water partition coefficient (Wildman–Crippen LogP) is 2.63. The molecule has 1 aromatic carbocycles. The maximum absolute atomic E-state index is 12.0. The molecule has 5 nitrogen and oxygen atoms in total.